The number of hydrogen-bond donors (Lipinski definition) is 1. The number of ether oxygens (including phenoxy) is 1. The largest absolute Gasteiger partial charge is 0.444 e. The van der Waals surface area contributed by atoms with Crippen molar-refractivity contribution in [1.29, 1.82) is 0 Å². The number of hydrogen-bond acceptors (Lipinski definition) is 3. The molecule has 0 aromatic heterocycles. The zero-order valence-corrected chi connectivity index (χ0v) is 12.1. The van der Waals surface area contributed by atoms with Gasteiger partial charge in [0.2, 0.25) is 0 Å². The van der Waals surface area contributed by atoms with E-state index in [2.05, 4.69) is 0 Å². The number of halogens is 4. The van der Waals surface area contributed by atoms with Crippen LogP contribution in [0.15, 0.2) is 18.2 Å². The lowest BCUT2D eigenvalue weighted by Crippen LogP contribution is -2.36. The molecular formula is C14H15F4NO3. The molecule has 22 heavy (non-hydrogen) atoms. The third-order valence-electron chi connectivity index (χ3n) is 2.48. The second kappa shape index (κ2) is 6.33. The van der Waals surface area contributed by atoms with Crippen LogP contribution in [0.5, 0.6) is 0 Å². The number of benzene rings is 1. The summed E-state index contributed by atoms with van der Waals surface area (Å²) in [5.41, 5.74) is -2.97. The van der Waals surface area contributed by atoms with Crippen molar-refractivity contribution in [3.05, 3.63) is 35.1 Å². The van der Waals surface area contributed by atoms with Gasteiger partial charge < -0.3 is 14.8 Å². The standard InChI is InChI=1S/C14H15F4NO3/c1-13(2,3)22-12(21)19-10(7-20)8-5-4-6-9(11(8)15)14(16,17)18/h4-7,10H,1-3H3,(H,19,21). The molecule has 0 aliphatic rings. The number of alkyl halides is 3. The first-order valence-electron chi connectivity index (χ1n) is 6.26. The Morgan fingerprint density at radius 2 is 1.86 bits per heavy atom. The number of carbonyl (C=O) groups is 2. The van der Waals surface area contributed by atoms with Crippen LogP contribution in [0.3, 0.4) is 0 Å². The number of carbonyl (C=O) groups excluding carboxylic acids is 2. The molecule has 4 nitrogen and oxygen atoms in total. The van der Waals surface area contributed by atoms with Crippen LogP contribution in [0.25, 0.3) is 0 Å². The number of rotatable bonds is 3. The summed E-state index contributed by atoms with van der Waals surface area (Å²) >= 11 is 0. The van der Waals surface area contributed by atoms with Crippen molar-refractivity contribution < 1.29 is 31.9 Å². The van der Waals surface area contributed by atoms with Crippen LogP contribution in [0, 0.1) is 5.82 Å². The quantitative estimate of drug-likeness (QED) is 0.683. The van der Waals surface area contributed by atoms with Crippen molar-refractivity contribution in [3.63, 3.8) is 0 Å². The van der Waals surface area contributed by atoms with Gasteiger partial charge in [-0.1, -0.05) is 12.1 Å². The molecule has 0 saturated heterocycles. The number of aldehydes is 1. The van der Waals surface area contributed by atoms with Gasteiger partial charge in [0, 0.05) is 5.56 Å². The van der Waals surface area contributed by atoms with Crippen LogP contribution in [-0.2, 0) is 15.7 Å². The lowest BCUT2D eigenvalue weighted by molar-refractivity contribution is -0.140. The highest BCUT2D eigenvalue weighted by Crippen LogP contribution is 2.33. The molecule has 8 heteroatoms. The Morgan fingerprint density at radius 3 is 2.32 bits per heavy atom. The maximum absolute atomic E-state index is 13.9. The van der Waals surface area contributed by atoms with Crippen molar-refractivity contribution in [2.24, 2.45) is 0 Å². The predicted molar refractivity (Wildman–Crippen MR) is 69.6 cm³/mol. The van der Waals surface area contributed by atoms with Crippen LogP contribution in [-0.4, -0.2) is 18.0 Å². The molecule has 122 valence electrons. The molecule has 1 aromatic rings. The maximum Gasteiger partial charge on any atom is 0.419 e. The first kappa shape index (κ1) is 17.9. The van der Waals surface area contributed by atoms with Crippen LogP contribution in [0.1, 0.15) is 37.9 Å². The highest BCUT2D eigenvalue weighted by molar-refractivity contribution is 5.74. The molecule has 0 spiro atoms. The van der Waals surface area contributed by atoms with Gasteiger partial charge in [-0.3, -0.25) is 0 Å². The van der Waals surface area contributed by atoms with Crippen molar-refractivity contribution >= 4 is 12.4 Å². The summed E-state index contributed by atoms with van der Waals surface area (Å²) in [6.45, 7) is 4.69. The normalized spacial score (nSPS) is 13.4. The lowest BCUT2D eigenvalue weighted by atomic mass is 10.0. The van der Waals surface area contributed by atoms with Crippen molar-refractivity contribution in [2.75, 3.05) is 0 Å². The average molecular weight is 321 g/mol. The molecule has 1 aromatic carbocycles. The smallest absolute Gasteiger partial charge is 0.419 e. The first-order chi connectivity index (χ1) is 9.95. The SMILES string of the molecule is CC(C)(C)OC(=O)NC(C=O)c1cccc(C(F)(F)F)c1F. The molecule has 0 fully saturated rings. The zero-order valence-electron chi connectivity index (χ0n) is 12.1. The van der Waals surface area contributed by atoms with Crippen molar-refractivity contribution in [1.82, 2.24) is 5.32 Å². The topological polar surface area (TPSA) is 55.4 Å². The summed E-state index contributed by atoms with van der Waals surface area (Å²) in [7, 11) is 0. The van der Waals surface area contributed by atoms with E-state index in [1.54, 1.807) is 20.8 Å². The highest BCUT2D eigenvalue weighted by Gasteiger charge is 2.36. The van der Waals surface area contributed by atoms with E-state index in [4.69, 9.17) is 4.74 Å². The fraction of sp³-hybridized carbons (Fsp3) is 0.429. The Bertz CT molecular complexity index is 564. The van der Waals surface area contributed by atoms with Gasteiger partial charge in [0.25, 0.3) is 0 Å². The summed E-state index contributed by atoms with van der Waals surface area (Å²) in [4.78, 5) is 22.6. The summed E-state index contributed by atoms with van der Waals surface area (Å²) < 4.78 is 56.7. The highest BCUT2D eigenvalue weighted by atomic mass is 19.4. The zero-order chi connectivity index (χ0) is 17.1. The first-order valence-corrected chi connectivity index (χ1v) is 6.26. The number of alkyl carbamates (subject to hydrolysis) is 1. The van der Waals surface area contributed by atoms with Crippen LogP contribution < -0.4 is 5.32 Å². The summed E-state index contributed by atoms with van der Waals surface area (Å²) in [6.07, 6.45) is -5.82. The van der Waals surface area contributed by atoms with Gasteiger partial charge in [-0.15, -0.1) is 0 Å². The monoisotopic (exact) mass is 321 g/mol. The Hall–Kier alpha value is -2.12. The van der Waals surface area contributed by atoms with Gasteiger partial charge in [0.1, 0.15) is 23.7 Å². The van der Waals surface area contributed by atoms with E-state index in [0.717, 1.165) is 12.1 Å². The fourth-order valence-corrected chi connectivity index (χ4v) is 1.63. The Kier molecular flexibility index (Phi) is 5.16. The number of nitrogens with one attached hydrogen (secondary N) is 1. The fourth-order valence-electron chi connectivity index (χ4n) is 1.63. The van der Waals surface area contributed by atoms with Gasteiger partial charge in [-0.05, 0) is 26.8 Å². The molecule has 1 atom stereocenters. The molecule has 1 amide bonds. The van der Waals surface area contributed by atoms with Gasteiger partial charge in [0.15, 0.2) is 0 Å². The molecule has 1 rings (SSSR count). The molecule has 0 heterocycles. The van der Waals surface area contributed by atoms with E-state index in [9.17, 15) is 27.2 Å². The second-order valence-electron chi connectivity index (χ2n) is 5.47. The molecule has 0 radical (unpaired) electrons. The Labute approximate surface area is 124 Å². The molecule has 0 bridgehead atoms. The van der Waals surface area contributed by atoms with Crippen LogP contribution in [0.4, 0.5) is 22.4 Å². The average Bonchev–Trinajstić information content (AvgIpc) is 2.33. The minimum absolute atomic E-state index is 0.127. The van der Waals surface area contributed by atoms with Gasteiger partial charge in [-0.25, -0.2) is 9.18 Å². The molecule has 0 aliphatic heterocycles. The van der Waals surface area contributed by atoms with Crippen LogP contribution >= 0.6 is 0 Å². The summed E-state index contributed by atoms with van der Waals surface area (Å²) in [5.74, 6) is -1.61. The molecule has 0 saturated carbocycles. The van der Waals surface area contributed by atoms with Gasteiger partial charge in [-0.2, -0.15) is 13.2 Å². The van der Waals surface area contributed by atoms with E-state index < -0.39 is 40.9 Å². The predicted octanol–water partition coefficient (Wildman–Crippen LogP) is 3.61. The third-order valence-corrected chi connectivity index (χ3v) is 2.48. The lowest BCUT2D eigenvalue weighted by Gasteiger charge is -2.22. The molecular weight excluding hydrogens is 306 g/mol. The minimum atomic E-state index is -4.90. The summed E-state index contributed by atoms with van der Waals surface area (Å²) in [6, 6.07) is 0.904. The van der Waals surface area contributed by atoms with Crippen molar-refractivity contribution in [3.8, 4) is 0 Å². The van der Waals surface area contributed by atoms with E-state index in [1.165, 1.54) is 0 Å². The van der Waals surface area contributed by atoms with Gasteiger partial charge in [0.05, 0.1) is 5.56 Å². The molecule has 1 unspecified atom stereocenters. The summed E-state index contributed by atoms with van der Waals surface area (Å²) in [5, 5.41) is 2.02. The molecule has 1 N–H and O–H groups in total. The van der Waals surface area contributed by atoms with E-state index in [-0.39, 0.29) is 6.29 Å². The van der Waals surface area contributed by atoms with E-state index in [0.29, 0.717) is 6.07 Å². The van der Waals surface area contributed by atoms with Crippen molar-refractivity contribution in [2.45, 2.75) is 38.6 Å². The van der Waals surface area contributed by atoms with E-state index >= 15 is 0 Å². The minimum Gasteiger partial charge on any atom is -0.444 e. The van der Waals surface area contributed by atoms with E-state index in [1.807, 2.05) is 5.32 Å². The number of amides is 1. The third kappa shape index (κ3) is 4.71. The van der Waals surface area contributed by atoms with Crippen LogP contribution in [0.2, 0.25) is 0 Å². The van der Waals surface area contributed by atoms with Gasteiger partial charge >= 0.3 is 12.3 Å². The molecule has 0 aliphatic carbocycles. The Balaban J connectivity index is 3.07. The Morgan fingerprint density at radius 1 is 1.27 bits per heavy atom. The maximum atomic E-state index is 13.9. The second-order valence-corrected chi connectivity index (χ2v) is 5.47.